The van der Waals surface area contributed by atoms with E-state index in [0.717, 1.165) is 55.5 Å². The maximum atomic E-state index is 6.40. The van der Waals surface area contributed by atoms with Gasteiger partial charge in [0.2, 0.25) is 0 Å². The van der Waals surface area contributed by atoms with Crippen molar-refractivity contribution >= 4 is 32.8 Å². The van der Waals surface area contributed by atoms with Crippen LogP contribution in [0.15, 0.2) is 193 Å². The molecule has 2 aromatic heterocycles. The van der Waals surface area contributed by atoms with E-state index in [1.165, 1.54) is 10.8 Å². The molecule has 0 saturated heterocycles. The highest BCUT2D eigenvalue weighted by molar-refractivity contribution is 6.10. The van der Waals surface area contributed by atoms with Gasteiger partial charge in [0.1, 0.15) is 17.5 Å². The SMILES string of the molecule is c1ccc(-c2ncc3ccccc3occ(-c3cc(-c4ccccc4)c(-n4c5ccccc5c5ccccc54)c(-c4ccccc4)c3)n2)cc1. The van der Waals surface area contributed by atoms with Gasteiger partial charge in [0.05, 0.1) is 16.7 Å². The van der Waals surface area contributed by atoms with E-state index in [2.05, 4.69) is 126 Å². The van der Waals surface area contributed by atoms with Crippen molar-refractivity contribution in [2.24, 2.45) is 0 Å². The van der Waals surface area contributed by atoms with Crippen LogP contribution in [0.3, 0.4) is 0 Å². The summed E-state index contributed by atoms with van der Waals surface area (Å²) in [7, 11) is 0. The van der Waals surface area contributed by atoms with Crippen LogP contribution in [0.1, 0.15) is 0 Å². The van der Waals surface area contributed by atoms with Gasteiger partial charge < -0.3 is 8.98 Å². The van der Waals surface area contributed by atoms with E-state index in [0.29, 0.717) is 17.1 Å². The van der Waals surface area contributed by atoms with Crippen LogP contribution < -0.4 is 0 Å². The Morgan fingerprint density at radius 1 is 0.460 bits per heavy atom. The number of para-hydroxylation sites is 3. The zero-order valence-corrected chi connectivity index (χ0v) is 27.1. The molecule has 9 rings (SSSR count). The normalized spacial score (nSPS) is 11.2. The minimum Gasteiger partial charge on any atom is -0.462 e. The molecule has 0 amide bonds. The average molecular weight is 642 g/mol. The predicted octanol–water partition coefficient (Wildman–Crippen LogP) is 12.1. The third-order valence-electron chi connectivity index (χ3n) is 9.18. The Morgan fingerprint density at radius 2 is 0.960 bits per heavy atom. The Morgan fingerprint density at radius 3 is 1.56 bits per heavy atom. The minimum absolute atomic E-state index is 0.603. The van der Waals surface area contributed by atoms with Crippen molar-refractivity contribution in [3.63, 3.8) is 0 Å². The molecule has 236 valence electrons. The van der Waals surface area contributed by atoms with Crippen LogP contribution in [-0.2, 0) is 0 Å². The van der Waals surface area contributed by atoms with Gasteiger partial charge in [0.25, 0.3) is 0 Å². The van der Waals surface area contributed by atoms with Gasteiger partial charge in [-0.15, -0.1) is 0 Å². The highest BCUT2D eigenvalue weighted by Crippen LogP contribution is 2.43. The molecule has 7 aromatic carbocycles. The molecular weight excluding hydrogens is 611 g/mol. The van der Waals surface area contributed by atoms with E-state index in [-0.39, 0.29) is 0 Å². The Labute approximate surface area is 289 Å². The fraction of sp³-hybridized carbons (Fsp3) is 0. The first kappa shape index (κ1) is 29.4. The topological polar surface area (TPSA) is 43.9 Å². The number of hydrogen-bond donors (Lipinski definition) is 0. The van der Waals surface area contributed by atoms with Crippen LogP contribution in [0.25, 0.3) is 83.4 Å². The van der Waals surface area contributed by atoms with Crippen molar-refractivity contribution in [1.29, 1.82) is 0 Å². The monoisotopic (exact) mass is 641 g/mol. The molecule has 0 fully saturated rings. The molecule has 0 saturated carbocycles. The van der Waals surface area contributed by atoms with Crippen molar-refractivity contribution in [1.82, 2.24) is 14.5 Å². The first-order chi connectivity index (χ1) is 24.8. The van der Waals surface area contributed by atoms with Crippen LogP contribution >= 0.6 is 0 Å². The summed E-state index contributed by atoms with van der Waals surface area (Å²) in [4.78, 5) is 10.1. The van der Waals surface area contributed by atoms with Crippen molar-refractivity contribution in [3.05, 3.63) is 188 Å². The zero-order chi connectivity index (χ0) is 33.3. The van der Waals surface area contributed by atoms with Crippen LogP contribution in [0.4, 0.5) is 0 Å². The molecule has 9 aromatic rings. The second kappa shape index (κ2) is 12.7. The van der Waals surface area contributed by atoms with Gasteiger partial charge >= 0.3 is 0 Å². The summed E-state index contributed by atoms with van der Waals surface area (Å²) in [5.41, 5.74) is 11.0. The second-order valence-corrected chi connectivity index (χ2v) is 12.2. The van der Waals surface area contributed by atoms with E-state index >= 15 is 0 Å². The molecule has 0 aliphatic rings. The van der Waals surface area contributed by atoms with E-state index in [9.17, 15) is 0 Å². The molecule has 2 heterocycles. The maximum Gasteiger partial charge on any atom is 0.159 e. The highest BCUT2D eigenvalue weighted by Gasteiger charge is 2.21. The summed E-state index contributed by atoms with van der Waals surface area (Å²) < 4.78 is 8.83. The van der Waals surface area contributed by atoms with E-state index in [1.807, 2.05) is 60.8 Å². The standard InChI is InChI=1S/C46H31N3O/c1-4-16-32(17-5-1)39-28-36(41-31-50-44-27-15-10-22-35(44)30-47-46(48-41)34-20-8-3-9-21-34)29-40(33-18-6-2-7-19-33)45(39)49-42-25-13-11-23-37(42)38-24-12-14-26-43(38)49/h1-31H. The van der Waals surface area contributed by atoms with E-state index < -0.39 is 0 Å². The summed E-state index contributed by atoms with van der Waals surface area (Å²) >= 11 is 0. The molecule has 4 heteroatoms. The van der Waals surface area contributed by atoms with Gasteiger partial charge in [0.15, 0.2) is 5.82 Å². The lowest BCUT2D eigenvalue weighted by molar-refractivity contribution is 0.606. The smallest absolute Gasteiger partial charge is 0.159 e. The van der Waals surface area contributed by atoms with E-state index in [1.54, 1.807) is 6.26 Å². The molecule has 0 aliphatic carbocycles. The van der Waals surface area contributed by atoms with Gasteiger partial charge in [-0.25, -0.2) is 9.97 Å². The van der Waals surface area contributed by atoms with Crippen LogP contribution in [0.5, 0.6) is 0 Å². The number of fused-ring (bicyclic) bond motifs is 4. The summed E-state index contributed by atoms with van der Waals surface area (Å²) in [5, 5.41) is 3.31. The fourth-order valence-electron chi connectivity index (χ4n) is 6.83. The molecule has 0 bridgehead atoms. The summed E-state index contributed by atoms with van der Waals surface area (Å²) in [6, 6.07) is 61.1. The molecule has 0 N–H and O–H groups in total. The number of benzene rings is 7. The van der Waals surface area contributed by atoms with Crippen molar-refractivity contribution in [2.45, 2.75) is 0 Å². The third kappa shape index (κ3) is 5.29. The largest absolute Gasteiger partial charge is 0.462 e. The molecule has 0 radical (unpaired) electrons. The number of rotatable bonds is 5. The molecule has 0 atom stereocenters. The van der Waals surface area contributed by atoms with Gasteiger partial charge in [-0.2, -0.15) is 0 Å². The molecule has 0 unspecified atom stereocenters. The molecule has 4 nitrogen and oxygen atoms in total. The zero-order valence-electron chi connectivity index (χ0n) is 27.1. The number of aromatic nitrogens is 3. The Bertz CT molecular complexity index is 2580. The van der Waals surface area contributed by atoms with Crippen LogP contribution in [0.2, 0.25) is 0 Å². The average Bonchev–Trinajstić information content (AvgIpc) is 3.56. The minimum atomic E-state index is 0.603. The Hall–Kier alpha value is -6.78. The lowest BCUT2D eigenvalue weighted by atomic mass is 9.92. The Kier molecular flexibility index (Phi) is 7.45. The Balaban J connectivity index is 1.43. The molecular formula is C46H31N3O. The summed E-state index contributed by atoms with van der Waals surface area (Å²) in [6.45, 7) is 0. The fourth-order valence-corrected chi connectivity index (χ4v) is 6.83. The third-order valence-corrected chi connectivity index (χ3v) is 9.18. The molecule has 50 heavy (non-hydrogen) atoms. The van der Waals surface area contributed by atoms with Crippen LogP contribution in [0, 0.1) is 0 Å². The van der Waals surface area contributed by atoms with Gasteiger partial charge in [-0.1, -0.05) is 140 Å². The van der Waals surface area contributed by atoms with Crippen molar-refractivity contribution in [2.75, 3.05) is 0 Å². The molecule has 0 spiro atoms. The number of hydrogen-bond acceptors (Lipinski definition) is 3. The van der Waals surface area contributed by atoms with Crippen molar-refractivity contribution in [3.8, 4) is 50.6 Å². The van der Waals surface area contributed by atoms with Crippen LogP contribution in [-0.4, -0.2) is 14.5 Å². The van der Waals surface area contributed by atoms with E-state index in [4.69, 9.17) is 14.4 Å². The summed E-state index contributed by atoms with van der Waals surface area (Å²) in [5.74, 6) is 0.603. The quantitative estimate of drug-likeness (QED) is 0.188. The maximum absolute atomic E-state index is 6.40. The lowest BCUT2D eigenvalue weighted by Crippen LogP contribution is -2.02. The lowest BCUT2D eigenvalue weighted by Gasteiger charge is -2.21. The van der Waals surface area contributed by atoms with Gasteiger partial charge in [0, 0.05) is 44.6 Å². The summed E-state index contributed by atoms with van der Waals surface area (Å²) in [6.07, 6.45) is 3.59. The first-order valence-electron chi connectivity index (χ1n) is 16.7. The highest BCUT2D eigenvalue weighted by atomic mass is 16.3. The second-order valence-electron chi connectivity index (χ2n) is 12.2. The van der Waals surface area contributed by atoms with Gasteiger partial charge in [-0.3, -0.25) is 0 Å². The predicted molar refractivity (Wildman–Crippen MR) is 206 cm³/mol. The van der Waals surface area contributed by atoms with Gasteiger partial charge in [-0.05, 0) is 47.5 Å². The van der Waals surface area contributed by atoms with Crippen molar-refractivity contribution < 1.29 is 4.42 Å². The number of nitrogens with zero attached hydrogens (tertiary/aromatic N) is 3. The molecule has 0 aliphatic heterocycles. The first-order valence-corrected chi connectivity index (χ1v) is 16.7.